The van der Waals surface area contributed by atoms with E-state index in [9.17, 15) is 8.42 Å². The minimum Gasteiger partial charge on any atom is -0.216 e. The highest BCUT2D eigenvalue weighted by molar-refractivity contribution is 7.86. The molecule has 14 heavy (non-hydrogen) atoms. The zero-order valence-electron chi connectivity index (χ0n) is 8.94. The van der Waals surface area contributed by atoms with Crippen LogP contribution in [0.2, 0.25) is 0 Å². The van der Waals surface area contributed by atoms with Crippen LogP contribution in [0, 0.1) is 11.8 Å². The molecule has 1 fully saturated rings. The summed E-state index contributed by atoms with van der Waals surface area (Å²) < 4.78 is 23.4. The van der Waals surface area contributed by atoms with Gasteiger partial charge in [0.2, 0.25) is 0 Å². The Morgan fingerprint density at radius 1 is 1.36 bits per heavy atom. The lowest BCUT2D eigenvalue weighted by Gasteiger charge is -2.30. The number of hydrogen-bond donors (Lipinski definition) is 1. The second-order valence-corrected chi connectivity index (χ2v) is 6.06. The van der Waals surface area contributed by atoms with Gasteiger partial charge in [0.1, 0.15) is 0 Å². The largest absolute Gasteiger partial charge is 0.276 e. The first-order valence-electron chi connectivity index (χ1n) is 5.17. The Labute approximate surface area is 86.6 Å². The van der Waals surface area contributed by atoms with Gasteiger partial charge < -0.3 is 0 Å². The van der Waals surface area contributed by atoms with Crippen LogP contribution in [0.15, 0.2) is 0 Å². The van der Waals surface area contributed by atoms with Crippen LogP contribution < -0.4 is 5.14 Å². The van der Waals surface area contributed by atoms with Gasteiger partial charge in [0.25, 0.3) is 10.2 Å². The van der Waals surface area contributed by atoms with E-state index in [0.717, 1.165) is 12.8 Å². The summed E-state index contributed by atoms with van der Waals surface area (Å²) in [6.07, 6.45) is 3.10. The van der Waals surface area contributed by atoms with Crippen LogP contribution in [0.5, 0.6) is 0 Å². The molecule has 0 spiro atoms. The highest BCUT2D eigenvalue weighted by Crippen LogP contribution is 2.24. The van der Waals surface area contributed by atoms with Crippen molar-refractivity contribution in [2.45, 2.75) is 33.1 Å². The maximum atomic E-state index is 11.0. The summed E-state index contributed by atoms with van der Waals surface area (Å²) in [5.74, 6) is 1.37. The Morgan fingerprint density at radius 2 is 1.86 bits per heavy atom. The van der Waals surface area contributed by atoms with Gasteiger partial charge in [-0.3, -0.25) is 0 Å². The van der Waals surface area contributed by atoms with Gasteiger partial charge in [-0.15, -0.1) is 0 Å². The van der Waals surface area contributed by atoms with E-state index in [1.807, 2.05) is 0 Å². The molecule has 4 nitrogen and oxygen atoms in total. The van der Waals surface area contributed by atoms with Crippen LogP contribution in [0.25, 0.3) is 0 Å². The molecule has 0 amide bonds. The van der Waals surface area contributed by atoms with E-state index in [1.54, 1.807) is 0 Å². The Hall–Kier alpha value is -0.130. The lowest BCUT2D eigenvalue weighted by molar-refractivity contribution is 0.246. The molecule has 1 rings (SSSR count). The fourth-order valence-electron chi connectivity index (χ4n) is 2.07. The highest BCUT2D eigenvalue weighted by Gasteiger charge is 2.25. The van der Waals surface area contributed by atoms with Crippen LogP contribution in [-0.4, -0.2) is 25.8 Å². The third-order valence-corrected chi connectivity index (χ3v) is 3.82. The van der Waals surface area contributed by atoms with E-state index < -0.39 is 10.2 Å². The smallest absolute Gasteiger partial charge is 0.216 e. The molecule has 1 aliphatic rings. The Kier molecular flexibility index (Phi) is 3.92. The van der Waals surface area contributed by atoms with Crippen molar-refractivity contribution in [2.24, 2.45) is 17.0 Å². The number of nitrogens with zero attached hydrogens (tertiary/aromatic N) is 1. The quantitative estimate of drug-likeness (QED) is 0.769. The molecule has 1 heterocycles. The van der Waals surface area contributed by atoms with Crippen molar-refractivity contribution in [2.75, 3.05) is 13.1 Å². The van der Waals surface area contributed by atoms with E-state index >= 15 is 0 Å². The molecule has 0 aromatic rings. The van der Waals surface area contributed by atoms with Crippen LogP contribution >= 0.6 is 0 Å². The standard InChI is InChI=1S/C9H20N2O2S/c1-8(2)7-9-3-5-11(6-4-9)14(10,12)13/h8-9H,3-7H2,1-2H3,(H2,10,12,13). The van der Waals surface area contributed by atoms with Crippen molar-refractivity contribution in [1.29, 1.82) is 0 Å². The number of rotatable bonds is 3. The number of piperidine rings is 1. The molecule has 1 saturated heterocycles. The van der Waals surface area contributed by atoms with Crippen LogP contribution in [0.1, 0.15) is 33.1 Å². The summed E-state index contributed by atoms with van der Waals surface area (Å²) in [7, 11) is -3.44. The lowest BCUT2D eigenvalue weighted by atomic mass is 9.89. The third-order valence-electron chi connectivity index (χ3n) is 2.74. The zero-order valence-corrected chi connectivity index (χ0v) is 9.76. The normalized spacial score (nSPS) is 21.7. The zero-order chi connectivity index (χ0) is 10.8. The van der Waals surface area contributed by atoms with Crippen molar-refractivity contribution in [1.82, 2.24) is 4.31 Å². The van der Waals surface area contributed by atoms with E-state index in [4.69, 9.17) is 5.14 Å². The minimum atomic E-state index is -3.44. The molecule has 0 aliphatic carbocycles. The Balaban J connectivity index is 2.39. The molecule has 84 valence electrons. The van der Waals surface area contributed by atoms with E-state index in [1.165, 1.54) is 10.7 Å². The first-order valence-corrected chi connectivity index (χ1v) is 6.67. The summed E-state index contributed by atoms with van der Waals surface area (Å²) in [5.41, 5.74) is 0. The molecule has 0 saturated carbocycles. The second-order valence-electron chi connectivity index (χ2n) is 4.52. The fourth-order valence-corrected chi connectivity index (χ4v) is 2.79. The van der Waals surface area contributed by atoms with E-state index in [2.05, 4.69) is 13.8 Å². The first-order chi connectivity index (χ1) is 6.39. The van der Waals surface area contributed by atoms with E-state index in [0.29, 0.717) is 24.9 Å². The predicted molar refractivity (Wildman–Crippen MR) is 56.9 cm³/mol. The summed E-state index contributed by atoms with van der Waals surface area (Å²) >= 11 is 0. The molecule has 0 aromatic carbocycles. The van der Waals surface area contributed by atoms with Crippen molar-refractivity contribution < 1.29 is 8.42 Å². The predicted octanol–water partition coefficient (Wildman–Crippen LogP) is 0.948. The van der Waals surface area contributed by atoms with Crippen molar-refractivity contribution in [3.63, 3.8) is 0 Å². The number of hydrogen-bond acceptors (Lipinski definition) is 2. The maximum absolute atomic E-state index is 11.0. The molecule has 0 radical (unpaired) electrons. The van der Waals surface area contributed by atoms with Gasteiger partial charge in [-0.2, -0.15) is 12.7 Å². The summed E-state index contributed by atoms with van der Waals surface area (Å²) in [4.78, 5) is 0. The summed E-state index contributed by atoms with van der Waals surface area (Å²) in [6.45, 7) is 5.59. The summed E-state index contributed by atoms with van der Waals surface area (Å²) in [5, 5.41) is 5.06. The third kappa shape index (κ3) is 3.55. The van der Waals surface area contributed by atoms with Gasteiger partial charge in [0, 0.05) is 13.1 Å². The van der Waals surface area contributed by atoms with Crippen molar-refractivity contribution in [3.8, 4) is 0 Å². The Morgan fingerprint density at radius 3 is 2.21 bits per heavy atom. The average Bonchev–Trinajstić information content (AvgIpc) is 2.02. The van der Waals surface area contributed by atoms with Crippen molar-refractivity contribution >= 4 is 10.2 Å². The minimum absolute atomic E-state index is 0.593. The molecule has 0 bridgehead atoms. The topological polar surface area (TPSA) is 63.4 Å². The first kappa shape index (κ1) is 11.9. The Bertz CT molecular complexity index is 267. The molecule has 0 atom stereocenters. The fraction of sp³-hybridized carbons (Fsp3) is 1.00. The molecule has 0 aromatic heterocycles. The molecular formula is C9H20N2O2S. The van der Waals surface area contributed by atoms with Crippen LogP contribution in [0.4, 0.5) is 0 Å². The van der Waals surface area contributed by atoms with Gasteiger partial charge in [-0.1, -0.05) is 13.8 Å². The van der Waals surface area contributed by atoms with Gasteiger partial charge in [0.05, 0.1) is 0 Å². The van der Waals surface area contributed by atoms with Crippen molar-refractivity contribution in [3.05, 3.63) is 0 Å². The monoisotopic (exact) mass is 220 g/mol. The molecule has 1 aliphatic heterocycles. The van der Waals surface area contributed by atoms with Gasteiger partial charge in [-0.05, 0) is 31.1 Å². The van der Waals surface area contributed by atoms with Crippen LogP contribution in [-0.2, 0) is 10.2 Å². The molecular weight excluding hydrogens is 200 g/mol. The maximum Gasteiger partial charge on any atom is 0.276 e. The van der Waals surface area contributed by atoms with Gasteiger partial charge in [-0.25, -0.2) is 5.14 Å². The molecule has 0 unspecified atom stereocenters. The molecule has 2 N–H and O–H groups in total. The van der Waals surface area contributed by atoms with Gasteiger partial charge in [0.15, 0.2) is 0 Å². The number of nitrogens with two attached hydrogens (primary N) is 1. The van der Waals surface area contributed by atoms with Crippen LogP contribution in [0.3, 0.4) is 0 Å². The summed E-state index contributed by atoms with van der Waals surface area (Å²) in [6, 6.07) is 0. The average molecular weight is 220 g/mol. The SMILES string of the molecule is CC(C)CC1CCN(S(N)(=O)=O)CC1. The highest BCUT2D eigenvalue weighted by atomic mass is 32.2. The van der Waals surface area contributed by atoms with E-state index in [-0.39, 0.29) is 0 Å². The lowest BCUT2D eigenvalue weighted by Crippen LogP contribution is -2.42. The second kappa shape index (κ2) is 4.59. The van der Waals surface area contributed by atoms with Gasteiger partial charge >= 0.3 is 0 Å². The molecule has 5 heteroatoms.